The molecule has 38 heavy (non-hydrogen) atoms. The minimum Gasteiger partial charge on any atom is -0.405 e. The number of Topliss-reactive ketones (excluding diaryl/α,β-unsaturated/α-hetero) is 1. The number of aromatic nitrogens is 1. The number of nitrogens with zero attached hydrogens (tertiary/aromatic N) is 2. The number of anilines is 1. The number of alkyl halides is 3. The van der Waals surface area contributed by atoms with Gasteiger partial charge in [-0.05, 0) is 36.4 Å². The molecule has 2 aromatic carbocycles. The zero-order valence-electron chi connectivity index (χ0n) is 18.6. The van der Waals surface area contributed by atoms with Crippen LogP contribution in [0.1, 0.15) is 39.3 Å². The maximum absolute atomic E-state index is 14.8. The number of amidine groups is 1. The summed E-state index contributed by atoms with van der Waals surface area (Å²) in [4.78, 5) is 31.5. The smallest absolute Gasteiger partial charge is 0.405 e. The second kappa shape index (κ2) is 11.4. The summed E-state index contributed by atoms with van der Waals surface area (Å²) < 4.78 is 58.2. The van der Waals surface area contributed by atoms with E-state index in [1.165, 1.54) is 24.4 Å². The number of benzene rings is 2. The average Bonchev–Trinajstić information content (AvgIpc) is 3.66. The van der Waals surface area contributed by atoms with Crippen molar-refractivity contribution in [2.45, 2.75) is 20.2 Å². The number of ketones is 1. The van der Waals surface area contributed by atoms with Gasteiger partial charge in [0.15, 0.2) is 5.78 Å². The Balaban J connectivity index is 0.00000400. The molecule has 0 spiro atoms. The van der Waals surface area contributed by atoms with E-state index < -0.39 is 52.7 Å². The molecular formula is C25H20Cl2F4N4O3. The highest BCUT2D eigenvalue weighted by atomic mass is 35.5. The van der Waals surface area contributed by atoms with E-state index in [0.29, 0.717) is 13.1 Å². The van der Waals surface area contributed by atoms with Gasteiger partial charge in [-0.3, -0.25) is 15.0 Å². The van der Waals surface area contributed by atoms with Crippen LogP contribution in [0.5, 0.6) is 5.75 Å². The summed E-state index contributed by atoms with van der Waals surface area (Å²) in [5.41, 5.74) is -1.05. The summed E-state index contributed by atoms with van der Waals surface area (Å²) in [6.45, 7) is 1.33. The molecule has 0 saturated carbocycles. The Labute approximate surface area is 224 Å². The average molecular weight is 571 g/mol. The highest BCUT2D eigenvalue weighted by Crippen LogP contribution is 2.34. The van der Waals surface area contributed by atoms with Crippen molar-refractivity contribution in [2.75, 3.05) is 18.4 Å². The fourth-order valence-corrected chi connectivity index (χ4v) is 3.77. The minimum absolute atomic E-state index is 0. The summed E-state index contributed by atoms with van der Waals surface area (Å²) in [5, 5.41) is 10.4. The first-order valence-electron chi connectivity index (χ1n) is 10.6. The van der Waals surface area contributed by atoms with Gasteiger partial charge in [-0.25, -0.2) is 9.37 Å². The number of carbonyl (C=O) groups is 2. The van der Waals surface area contributed by atoms with Gasteiger partial charge in [-0.2, -0.15) is 0 Å². The molecule has 1 saturated heterocycles. The molecule has 1 aromatic heterocycles. The van der Waals surface area contributed by atoms with E-state index >= 15 is 0 Å². The van der Waals surface area contributed by atoms with Crippen LogP contribution in [0.2, 0.25) is 10.0 Å². The molecule has 0 bridgehead atoms. The lowest BCUT2D eigenvalue weighted by Crippen LogP contribution is -2.22. The SMILES string of the molecule is C.N=C(c1ccc(C(=O)Cc2c(OC(F)(F)F)cc(Cl)cc2C(=O)Nc2ccc(Cl)cn2)c(F)c1)N1CC1. The van der Waals surface area contributed by atoms with E-state index in [0.717, 1.165) is 24.3 Å². The number of nitrogens with one attached hydrogen (secondary N) is 2. The highest BCUT2D eigenvalue weighted by Gasteiger charge is 2.34. The summed E-state index contributed by atoms with van der Waals surface area (Å²) >= 11 is 11.7. The van der Waals surface area contributed by atoms with Crippen molar-refractivity contribution in [1.29, 1.82) is 5.41 Å². The van der Waals surface area contributed by atoms with Gasteiger partial charge < -0.3 is 15.0 Å². The van der Waals surface area contributed by atoms with E-state index in [2.05, 4.69) is 15.0 Å². The molecule has 1 aliphatic rings. The molecule has 2 heterocycles. The number of rotatable bonds is 7. The molecule has 0 unspecified atom stereocenters. The van der Waals surface area contributed by atoms with Crippen LogP contribution < -0.4 is 10.1 Å². The lowest BCUT2D eigenvalue weighted by Gasteiger charge is -2.17. The zero-order valence-corrected chi connectivity index (χ0v) is 20.1. The molecule has 2 N–H and O–H groups in total. The Bertz CT molecular complexity index is 1390. The molecule has 3 aromatic rings. The van der Waals surface area contributed by atoms with Crippen molar-refractivity contribution in [2.24, 2.45) is 0 Å². The van der Waals surface area contributed by atoms with Crippen LogP contribution in [0.4, 0.5) is 23.4 Å². The molecular weight excluding hydrogens is 551 g/mol. The normalized spacial score (nSPS) is 12.4. The van der Waals surface area contributed by atoms with Crippen molar-refractivity contribution in [3.8, 4) is 5.75 Å². The molecule has 7 nitrogen and oxygen atoms in total. The van der Waals surface area contributed by atoms with Crippen LogP contribution in [0, 0.1) is 11.2 Å². The predicted octanol–water partition coefficient (Wildman–Crippen LogP) is 6.38. The number of ether oxygens (including phenoxy) is 1. The zero-order chi connectivity index (χ0) is 26.9. The lowest BCUT2D eigenvalue weighted by molar-refractivity contribution is -0.274. The summed E-state index contributed by atoms with van der Waals surface area (Å²) in [6, 6.07) is 8.16. The van der Waals surface area contributed by atoms with E-state index in [4.69, 9.17) is 28.6 Å². The Hall–Kier alpha value is -3.70. The maximum atomic E-state index is 14.8. The number of hydrogen-bond donors (Lipinski definition) is 2. The Morgan fingerprint density at radius 2 is 1.76 bits per heavy atom. The number of hydrogen-bond acceptors (Lipinski definition) is 5. The van der Waals surface area contributed by atoms with Crippen LogP contribution in [-0.2, 0) is 6.42 Å². The molecule has 1 amide bonds. The second-order valence-corrected chi connectivity index (χ2v) is 8.80. The Morgan fingerprint density at radius 3 is 2.34 bits per heavy atom. The molecule has 200 valence electrons. The predicted molar refractivity (Wildman–Crippen MR) is 135 cm³/mol. The molecule has 1 aliphatic heterocycles. The van der Waals surface area contributed by atoms with E-state index in [1.807, 2.05) is 0 Å². The molecule has 4 rings (SSSR count). The lowest BCUT2D eigenvalue weighted by atomic mass is 9.96. The summed E-state index contributed by atoms with van der Waals surface area (Å²) in [7, 11) is 0. The molecule has 1 fully saturated rings. The van der Waals surface area contributed by atoms with Crippen LogP contribution in [0.25, 0.3) is 0 Å². The third-order valence-corrected chi connectivity index (χ3v) is 5.70. The third kappa shape index (κ3) is 6.99. The van der Waals surface area contributed by atoms with Gasteiger partial charge >= 0.3 is 6.36 Å². The Kier molecular flexibility index (Phi) is 8.63. The molecule has 0 radical (unpaired) electrons. The quantitative estimate of drug-likeness (QED) is 0.113. The highest BCUT2D eigenvalue weighted by molar-refractivity contribution is 6.31. The van der Waals surface area contributed by atoms with Crippen molar-refractivity contribution in [1.82, 2.24) is 9.88 Å². The van der Waals surface area contributed by atoms with Crippen molar-refractivity contribution in [3.05, 3.63) is 86.8 Å². The minimum atomic E-state index is -5.17. The largest absolute Gasteiger partial charge is 0.573 e. The topological polar surface area (TPSA) is 95.2 Å². The van der Waals surface area contributed by atoms with Crippen molar-refractivity contribution in [3.63, 3.8) is 0 Å². The molecule has 0 atom stereocenters. The monoisotopic (exact) mass is 570 g/mol. The number of halogens is 6. The van der Waals surface area contributed by atoms with Crippen LogP contribution in [0.15, 0.2) is 48.7 Å². The summed E-state index contributed by atoms with van der Waals surface area (Å²) in [6.07, 6.45) is -4.75. The van der Waals surface area contributed by atoms with E-state index in [9.17, 15) is 27.2 Å². The maximum Gasteiger partial charge on any atom is 0.573 e. The fourth-order valence-electron chi connectivity index (χ4n) is 3.45. The Morgan fingerprint density at radius 1 is 1.05 bits per heavy atom. The number of pyridine rings is 1. The van der Waals surface area contributed by atoms with Gasteiger partial charge in [0.2, 0.25) is 0 Å². The van der Waals surface area contributed by atoms with E-state index in [1.54, 1.807) is 4.90 Å². The van der Waals surface area contributed by atoms with Crippen LogP contribution in [0.3, 0.4) is 0 Å². The van der Waals surface area contributed by atoms with Crippen molar-refractivity contribution < 1.29 is 31.9 Å². The first-order chi connectivity index (χ1) is 17.4. The molecule has 0 aliphatic carbocycles. The van der Waals surface area contributed by atoms with Crippen LogP contribution >= 0.6 is 23.2 Å². The van der Waals surface area contributed by atoms with Crippen molar-refractivity contribution >= 4 is 46.5 Å². The van der Waals surface area contributed by atoms with Crippen LogP contribution in [-0.4, -0.2) is 46.9 Å². The van der Waals surface area contributed by atoms with Gasteiger partial charge in [-0.15, -0.1) is 13.2 Å². The third-order valence-electron chi connectivity index (χ3n) is 5.26. The fraction of sp³-hybridized carbons (Fsp3) is 0.200. The van der Waals surface area contributed by atoms with Gasteiger partial charge in [-0.1, -0.05) is 36.7 Å². The second-order valence-electron chi connectivity index (χ2n) is 7.92. The molecule has 13 heteroatoms. The number of amides is 1. The first kappa shape index (κ1) is 28.9. The number of carbonyl (C=O) groups excluding carboxylic acids is 2. The van der Waals surface area contributed by atoms with Gasteiger partial charge in [0.05, 0.1) is 10.6 Å². The van der Waals surface area contributed by atoms with E-state index in [-0.39, 0.29) is 34.7 Å². The van der Waals surface area contributed by atoms with Gasteiger partial charge in [0, 0.05) is 47.4 Å². The van der Waals surface area contributed by atoms with Gasteiger partial charge in [0.25, 0.3) is 5.91 Å². The van der Waals surface area contributed by atoms with Gasteiger partial charge in [0.1, 0.15) is 23.2 Å². The first-order valence-corrected chi connectivity index (χ1v) is 11.3. The standard InChI is InChI=1S/C24H16Cl2F4N4O3.CH4/c25-13-2-4-21(32-11-13)33-23(36)17-8-14(26)9-20(37-24(28,29)30)16(17)10-19(35)15-3-1-12(7-18(15)27)22(31)34-5-6-34;/h1-4,7-9,11,31H,5-6,10H2,(H,32,33,36);1H4. The summed E-state index contributed by atoms with van der Waals surface area (Å²) in [5.74, 6) is -3.59.